The Kier molecular flexibility index (Phi) is 3.81. The van der Waals surface area contributed by atoms with Gasteiger partial charge in [-0.2, -0.15) is 4.40 Å². The first kappa shape index (κ1) is 8.25. The van der Waals surface area contributed by atoms with E-state index in [1.54, 1.807) is 0 Å². The number of ether oxygens (including phenoxy) is 1. The molecule has 0 aliphatic rings. The zero-order valence-electron chi connectivity index (χ0n) is 4.57. The van der Waals surface area contributed by atoms with E-state index in [4.69, 9.17) is 0 Å². The largest absolute Gasteiger partial charge is 0.754 e. The summed E-state index contributed by atoms with van der Waals surface area (Å²) in [5.74, 6) is -0.792. The number of carbonyl (C=O) groups excluding carboxylic acids is 1. The molecule has 0 spiro atoms. The molecule has 0 radical (unpaired) electrons. The second-order valence-electron chi connectivity index (χ2n) is 0.975. The molecule has 0 aliphatic carbocycles. The number of methoxy groups -OCH3 is 1. The summed E-state index contributed by atoms with van der Waals surface area (Å²) in [6.45, 7) is 0. The Morgan fingerprint density at radius 3 is 2.78 bits per heavy atom. The predicted molar refractivity (Wildman–Crippen MR) is 29.4 cm³/mol. The number of rotatable bonds is 2. The lowest BCUT2D eigenvalue weighted by Crippen LogP contribution is -2.01. The molecular formula is C3H4NO4S-. The van der Waals surface area contributed by atoms with Gasteiger partial charge in [0.15, 0.2) is 0 Å². The van der Waals surface area contributed by atoms with Crippen molar-refractivity contribution in [1.82, 2.24) is 0 Å². The molecule has 0 amide bonds. The van der Waals surface area contributed by atoms with Crippen LogP contribution in [-0.4, -0.2) is 28.1 Å². The molecule has 6 heteroatoms. The fraction of sp³-hybridized carbons (Fsp3) is 0.333. The van der Waals surface area contributed by atoms with E-state index in [-0.39, 0.29) is 0 Å². The Bertz CT molecular complexity index is 154. The molecule has 0 saturated heterocycles. The molecule has 0 heterocycles. The van der Waals surface area contributed by atoms with Crippen LogP contribution in [0.3, 0.4) is 0 Å². The van der Waals surface area contributed by atoms with Crippen molar-refractivity contribution in [2.24, 2.45) is 4.40 Å². The van der Waals surface area contributed by atoms with Gasteiger partial charge in [-0.25, -0.2) is 4.79 Å². The van der Waals surface area contributed by atoms with Crippen LogP contribution >= 0.6 is 0 Å². The lowest BCUT2D eigenvalue weighted by Gasteiger charge is -1.92. The maximum Gasteiger partial charge on any atom is 0.349 e. The van der Waals surface area contributed by atoms with Crippen molar-refractivity contribution in [3.8, 4) is 0 Å². The molecule has 0 rings (SSSR count). The smallest absolute Gasteiger partial charge is 0.349 e. The van der Waals surface area contributed by atoms with Crippen LogP contribution in [-0.2, 0) is 20.8 Å². The third-order valence-electron chi connectivity index (χ3n) is 0.445. The van der Waals surface area contributed by atoms with Gasteiger partial charge in [-0.1, -0.05) is 0 Å². The van der Waals surface area contributed by atoms with Crippen LogP contribution in [0.2, 0.25) is 0 Å². The van der Waals surface area contributed by atoms with Crippen molar-refractivity contribution < 1.29 is 18.3 Å². The number of nitrogens with zero attached hydrogens (tertiary/aromatic N) is 1. The number of esters is 1. The summed E-state index contributed by atoms with van der Waals surface area (Å²) >= 11 is -2.57. The van der Waals surface area contributed by atoms with Crippen molar-refractivity contribution in [2.45, 2.75) is 0 Å². The Labute approximate surface area is 54.2 Å². The van der Waals surface area contributed by atoms with Crippen molar-refractivity contribution in [2.75, 3.05) is 7.11 Å². The average Bonchev–Trinajstić information content (AvgIpc) is 1.83. The normalized spacial score (nSPS) is 13.6. The van der Waals surface area contributed by atoms with Crippen LogP contribution in [0.1, 0.15) is 0 Å². The molecule has 0 saturated carbocycles. The maximum atomic E-state index is 10.1. The van der Waals surface area contributed by atoms with Gasteiger partial charge < -0.3 is 9.29 Å². The Hall–Kier alpha value is -0.750. The molecule has 0 aromatic rings. The highest BCUT2D eigenvalue weighted by Crippen LogP contribution is 1.73. The maximum absolute atomic E-state index is 10.1. The second kappa shape index (κ2) is 4.16. The summed E-state index contributed by atoms with van der Waals surface area (Å²) in [6.07, 6.45) is 0.573. The molecule has 0 bridgehead atoms. The molecule has 1 atom stereocenters. The molecular weight excluding hydrogens is 146 g/mol. The van der Waals surface area contributed by atoms with Gasteiger partial charge in [0.05, 0.1) is 18.4 Å². The lowest BCUT2D eigenvalue weighted by molar-refractivity contribution is -0.132. The first-order valence-electron chi connectivity index (χ1n) is 1.88. The lowest BCUT2D eigenvalue weighted by atomic mass is 10.8. The van der Waals surface area contributed by atoms with E-state index in [1.807, 2.05) is 0 Å². The zero-order valence-corrected chi connectivity index (χ0v) is 5.38. The van der Waals surface area contributed by atoms with Crippen LogP contribution in [0, 0.1) is 0 Å². The fourth-order valence-corrected chi connectivity index (χ4v) is 0.311. The van der Waals surface area contributed by atoms with E-state index < -0.39 is 17.2 Å². The van der Waals surface area contributed by atoms with Gasteiger partial charge in [0.2, 0.25) is 0 Å². The standard InChI is InChI=1S/C3H5NO4S/c1-8-3(5)2-4-9(6)7/h2H,1H3,(H,6,7)/p-1. The van der Waals surface area contributed by atoms with Gasteiger partial charge in [0, 0.05) is 0 Å². The summed E-state index contributed by atoms with van der Waals surface area (Å²) in [7, 11) is 1.13. The van der Waals surface area contributed by atoms with Crippen molar-refractivity contribution in [3.05, 3.63) is 0 Å². The minimum absolute atomic E-state index is 0.573. The first-order valence-corrected chi connectivity index (χ1v) is 2.91. The van der Waals surface area contributed by atoms with Crippen molar-refractivity contribution in [1.29, 1.82) is 0 Å². The van der Waals surface area contributed by atoms with E-state index in [2.05, 4.69) is 9.13 Å². The third-order valence-corrected chi connectivity index (χ3v) is 0.723. The van der Waals surface area contributed by atoms with Crippen LogP contribution in [0.5, 0.6) is 0 Å². The minimum atomic E-state index is -2.57. The molecule has 5 nitrogen and oxygen atoms in total. The summed E-state index contributed by atoms with van der Waals surface area (Å²) in [4.78, 5) is 10.1. The molecule has 52 valence electrons. The number of hydrogen-bond donors (Lipinski definition) is 0. The summed E-state index contributed by atoms with van der Waals surface area (Å²) in [5.41, 5.74) is 0. The van der Waals surface area contributed by atoms with Gasteiger partial charge in [0.25, 0.3) is 0 Å². The van der Waals surface area contributed by atoms with Crippen LogP contribution in [0.25, 0.3) is 0 Å². The van der Waals surface area contributed by atoms with Crippen LogP contribution in [0.15, 0.2) is 4.40 Å². The number of hydrogen-bond acceptors (Lipinski definition) is 4. The quantitative estimate of drug-likeness (QED) is 0.288. The highest BCUT2D eigenvalue weighted by molar-refractivity contribution is 7.77. The minimum Gasteiger partial charge on any atom is -0.754 e. The molecule has 0 aromatic heterocycles. The first-order chi connectivity index (χ1) is 4.16. The highest BCUT2D eigenvalue weighted by atomic mass is 32.2. The molecule has 1 unspecified atom stereocenters. The monoisotopic (exact) mass is 150 g/mol. The Morgan fingerprint density at radius 1 is 1.89 bits per heavy atom. The van der Waals surface area contributed by atoms with E-state index in [9.17, 15) is 13.6 Å². The predicted octanol–water partition coefficient (Wildman–Crippen LogP) is -0.976. The van der Waals surface area contributed by atoms with Crippen LogP contribution in [0.4, 0.5) is 0 Å². The molecule has 0 N–H and O–H groups in total. The number of carbonyl (C=O) groups is 1. The van der Waals surface area contributed by atoms with Gasteiger partial charge >= 0.3 is 5.97 Å². The third kappa shape index (κ3) is 5.12. The topological polar surface area (TPSA) is 78.8 Å². The van der Waals surface area contributed by atoms with Crippen molar-refractivity contribution >= 4 is 23.5 Å². The van der Waals surface area contributed by atoms with Gasteiger partial charge in [-0.3, -0.25) is 4.21 Å². The average molecular weight is 150 g/mol. The summed E-state index contributed by atoms with van der Waals surface area (Å²) in [6, 6.07) is 0. The van der Waals surface area contributed by atoms with Gasteiger partial charge in [-0.15, -0.1) is 0 Å². The van der Waals surface area contributed by atoms with Gasteiger partial charge in [0.1, 0.15) is 6.21 Å². The fourth-order valence-electron chi connectivity index (χ4n) is 0.139. The molecule has 9 heavy (non-hydrogen) atoms. The molecule has 0 aromatic carbocycles. The SMILES string of the molecule is COC(=O)C=NS(=O)[O-]. The van der Waals surface area contributed by atoms with E-state index in [0.717, 1.165) is 7.11 Å². The summed E-state index contributed by atoms with van der Waals surface area (Å²) < 4.78 is 26.0. The van der Waals surface area contributed by atoms with Crippen molar-refractivity contribution in [3.63, 3.8) is 0 Å². The second-order valence-corrected chi connectivity index (χ2v) is 1.62. The van der Waals surface area contributed by atoms with E-state index in [1.165, 1.54) is 0 Å². The van der Waals surface area contributed by atoms with Gasteiger partial charge in [-0.05, 0) is 0 Å². The van der Waals surface area contributed by atoms with E-state index in [0.29, 0.717) is 6.21 Å². The highest BCUT2D eigenvalue weighted by Gasteiger charge is 1.88. The summed E-state index contributed by atoms with van der Waals surface area (Å²) in [5, 5.41) is 0. The Balaban J connectivity index is 3.71. The van der Waals surface area contributed by atoms with Crippen LogP contribution < -0.4 is 0 Å². The van der Waals surface area contributed by atoms with E-state index >= 15 is 0 Å². The molecule has 0 aliphatic heterocycles. The molecule has 0 fully saturated rings. The zero-order chi connectivity index (χ0) is 7.28. The Morgan fingerprint density at radius 2 is 2.44 bits per heavy atom.